The molecule has 0 aliphatic carbocycles. The zero-order chi connectivity index (χ0) is 12.1. The Bertz CT molecular complexity index is 361. The van der Waals surface area contributed by atoms with Gasteiger partial charge in [-0.05, 0) is 40.5 Å². The van der Waals surface area contributed by atoms with Crippen LogP contribution in [0.1, 0.15) is 24.8 Å². The van der Waals surface area contributed by atoms with E-state index >= 15 is 0 Å². The minimum absolute atomic E-state index is 0.825. The van der Waals surface area contributed by atoms with Crippen LogP contribution in [0.5, 0.6) is 5.75 Å². The molecule has 1 aromatic rings. The minimum atomic E-state index is 0.825. The molecule has 0 radical (unpaired) electrons. The van der Waals surface area contributed by atoms with Gasteiger partial charge < -0.3 is 9.64 Å². The summed E-state index contributed by atoms with van der Waals surface area (Å²) in [5.41, 5.74) is 1.26. The number of nitrogens with one attached hydrogen (secondary N) is 1. The van der Waals surface area contributed by atoms with E-state index in [1.165, 1.54) is 38.0 Å². The van der Waals surface area contributed by atoms with Gasteiger partial charge in [0.25, 0.3) is 0 Å². The van der Waals surface area contributed by atoms with Gasteiger partial charge in [-0.1, -0.05) is 6.07 Å². The third-order valence-electron chi connectivity index (χ3n) is 3.33. The number of benzene rings is 1. The van der Waals surface area contributed by atoms with Gasteiger partial charge in [0.15, 0.2) is 0 Å². The molecule has 0 bridgehead atoms. The second-order valence-electron chi connectivity index (χ2n) is 4.84. The molecule has 1 N–H and O–H groups in total. The minimum Gasteiger partial charge on any atom is -0.492 e. The maximum Gasteiger partial charge on any atom is 0.133 e. The van der Waals surface area contributed by atoms with Gasteiger partial charge in [-0.15, -0.1) is 0 Å². The Morgan fingerprint density at radius 1 is 1.29 bits per heavy atom. The SMILES string of the molecule is Cc1ccc(OCCC[NH+]2CCCC2)c(Br)c1. The van der Waals surface area contributed by atoms with Crippen LogP contribution in [0.4, 0.5) is 0 Å². The summed E-state index contributed by atoms with van der Waals surface area (Å²) in [6.45, 7) is 6.88. The molecule has 3 heteroatoms. The van der Waals surface area contributed by atoms with Crippen molar-refractivity contribution >= 4 is 15.9 Å². The first-order valence-electron chi connectivity index (χ1n) is 6.48. The Kier molecular flexibility index (Phi) is 4.86. The Labute approximate surface area is 112 Å². The number of quaternary nitrogens is 1. The summed E-state index contributed by atoms with van der Waals surface area (Å²) in [5.74, 6) is 0.965. The molecule has 0 aromatic heterocycles. The summed E-state index contributed by atoms with van der Waals surface area (Å²) in [4.78, 5) is 1.75. The third-order valence-corrected chi connectivity index (χ3v) is 3.95. The number of likely N-dealkylation sites (tertiary alicyclic amines) is 1. The van der Waals surface area contributed by atoms with Gasteiger partial charge in [-0.25, -0.2) is 0 Å². The van der Waals surface area contributed by atoms with E-state index < -0.39 is 0 Å². The molecule has 1 saturated heterocycles. The highest BCUT2D eigenvalue weighted by Gasteiger charge is 2.14. The van der Waals surface area contributed by atoms with Gasteiger partial charge in [-0.3, -0.25) is 0 Å². The van der Waals surface area contributed by atoms with Crippen molar-refractivity contribution in [2.24, 2.45) is 0 Å². The largest absolute Gasteiger partial charge is 0.492 e. The van der Waals surface area contributed by atoms with E-state index in [2.05, 4.69) is 35.0 Å². The lowest BCUT2D eigenvalue weighted by molar-refractivity contribution is -0.887. The topological polar surface area (TPSA) is 13.7 Å². The first-order valence-corrected chi connectivity index (χ1v) is 7.27. The second-order valence-corrected chi connectivity index (χ2v) is 5.70. The maximum atomic E-state index is 5.79. The highest BCUT2D eigenvalue weighted by Crippen LogP contribution is 2.25. The average Bonchev–Trinajstić information content (AvgIpc) is 2.79. The molecule has 1 heterocycles. The van der Waals surface area contributed by atoms with Crippen molar-refractivity contribution < 1.29 is 9.64 Å². The molecule has 1 aliphatic heterocycles. The van der Waals surface area contributed by atoms with Crippen LogP contribution >= 0.6 is 15.9 Å². The molecule has 0 spiro atoms. The molecule has 1 fully saturated rings. The highest BCUT2D eigenvalue weighted by molar-refractivity contribution is 9.10. The zero-order valence-corrected chi connectivity index (χ0v) is 12.1. The number of ether oxygens (including phenoxy) is 1. The molecule has 0 unspecified atom stereocenters. The summed E-state index contributed by atoms with van der Waals surface area (Å²) in [6, 6.07) is 6.23. The van der Waals surface area contributed by atoms with E-state index in [-0.39, 0.29) is 0 Å². The molecule has 0 atom stereocenters. The average molecular weight is 299 g/mol. The molecule has 1 aliphatic rings. The van der Waals surface area contributed by atoms with Gasteiger partial charge in [-0.2, -0.15) is 0 Å². The van der Waals surface area contributed by atoms with Gasteiger partial charge in [0, 0.05) is 19.3 Å². The fourth-order valence-electron chi connectivity index (χ4n) is 2.35. The van der Waals surface area contributed by atoms with E-state index in [0.29, 0.717) is 0 Å². The van der Waals surface area contributed by atoms with Crippen molar-refractivity contribution in [1.82, 2.24) is 0 Å². The number of halogens is 1. The predicted molar refractivity (Wildman–Crippen MR) is 73.8 cm³/mol. The van der Waals surface area contributed by atoms with Crippen molar-refractivity contribution in [3.8, 4) is 5.75 Å². The summed E-state index contributed by atoms with van der Waals surface area (Å²) in [7, 11) is 0. The second kappa shape index (κ2) is 6.41. The summed E-state index contributed by atoms with van der Waals surface area (Å²) < 4.78 is 6.85. The van der Waals surface area contributed by atoms with Crippen LogP contribution in [0, 0.1) is 6.92 Å². The lowest BCUT2D eigenvalue weighted by Gasteiger charge is -2.13. The molecule has 2 nitrogen and oxygen atoms in total. The predicted octanol–water partition coefficient (Wildman–Crippen LogP) is 2.21. The van der Waals surface area contributed by atoms with Crippen molar-refractivity contribution in [2.45, 2.75) is 26.2 Å². The van der Waals surface area contributed by atoms with Crippen LogP contribution in [0.2, 0.25) is 0 Å². The molecule has 94 valence electrons. The monoisotopic (exact) mass is 298 g/mol. The van der Waals surface area contributed by atoms with Gasteiger partial charge >= 0.3 is 0 Å². The number of rotatable bonds is 5. The number of hydrogen-bond acceptors (Lipinski definition) is 1. The van der Waals surface area contributed by atoms with Crippen LogP contribution in [0.25, 0.3) is 0 Å². The standard InChI is InChI=1S/C14H20BrNO/c1-12-5-6-14(13(15)11-12)17-10-4-9-16-7-2-3-8-16/h5-6,11H,2-4,7-10H2,1H3/p+1. The van der Waals surface area contributed by atoms with E-state index in [1.54, 1.807) is 4.90 Å². The lowest BCUT2D eigenvalue weighted by atomic mass is 10.2. The Hall–Kier alpha value is -0.540. The van der Waals surface area contributed by atoms with Crippen LogP contribution < -0.4 is 9.64 Å². The summed E-state index contributed by atoms with van der Waals surface area (Å²) in [6.07, 6.45) is 3.95. The van der Waals surface area contributed by atoms with Gasteiger partial charge in [0.05, 0.1) is 30.7 Å². The maximum absolute atomic E-state index is 5.79. The quantitative estimate of drug-likeness (QED) is 0.823. The zero-order valence-electron chi connectivity index (χ0n) is 10.5. The molecule has 1 aromatic carbocycles. The first-order chi connectivity index (χ1) is 8.25. The van der Waals surface area contributed by atoms with Crippen molar-refractivity contribution in [1.29, 1.82) is 0 Å². The van der Waals surface area contributed by atoms with Crippen LogP contribution in [-0.4, -0.2) is 26.2 Å². The molecule has 0 saturated carbocycles. The van der Waals surface area contributed by atoms with Crippen LogP contribution in [0.3, 0.4) is 0 Å². The smallest absolute Gasteiger partial charge is 0.133 e. The highest BCUT2D eigenvalue weighted by atomic mass is 79.9. The number of hydrogen-bond donors (Lipinski definition) is 1. The van der Waals surface area contributed by atoms with Gasteiger partial charge in [0.2, 0.25) is 0 Å². The summed E-state index contributed by atoms with van der Waals surface area (Å²) >= 11 is 3.54. The normalized spacial score (nSPS) is 16.4. The molecule has 2 rings (SSSR count). The molecule has 17 heavy (non-hydrogen) atoms. The van der Waals surface area contributed by atoms with E-state index in [4.69, 9.17) is 4.74 Å². The molecular weight excluding hydrogens is 278 g/mol. The fraction of sp³-hybridized carbons (Fsp3) is 0.571. The molecular formula is C14H21BrNO+. The Morgan fingerprint density at radius 3 is 2.76 bits per heavy atom. The Morgan fingerprint density at radius 2 is 2.06 bits per heavy atom. The van der Waals surface area contributed by atoms with Crippen LogP contribution in [-0.2, 0) is 0 Å². The molecule has 0 amide bonds. The number of aryl methyl sites for hydroxylation is 1. The van der Waals surface area contributed by atoms with Crippen molar-refractivity contribution in [3.05, 3.63) is 28.2 Å². The third kappa shape index (κ3) is 4.00. The summed E-state index contributed by atoms with van der Waals surface area (Å²) in [5, 5.41) is 0. The van der Waals surface area contributed by atoms with Crippen molar-refractivity contribution in [2.75, 3.05) is 26.2 Å². The first kappa shape index (κ1) is 12.9. The van der Waals surface area contributed by atoms with Crippen molar-refractivity contribution in [3.63, 3.8) is 0 Å². The fourth-order valence-corrected chi connectivity index (χ4v) is 2.96. The van der Waals surface area contributed by atoms with Crippen LogP contribution in [0.15, 0.2) is 22.7 Å². The van der Waals surface area contributed by atoms with Gasteiger partial charge in [0.1, 0.15) is 5.75 Å². The van der Waals surface area contributed by atoms with E-state index in [1.807, 2.05) is 6.07 Å². The van der Waals surface area contributed by atoms with E-state index in [0.717, 1.165) is 23.2 Å². The Balaban J connectivity index is 1.70. The van der Waals surface area contributed by atoms with E-state index in [9.17, 15) is 0 Å². The lowest BCUT2D eigenvalue weighted by Crippen LogP contribution is -3.10.